The average molecular weight is 582 g/mol. The summed E-state index contributed by atoms with van der Waals surface area (Å²) in [5.41, 5.74) is 0. The molecule has 0 aromatic heterocycles. The summed E-state index contributed by atoms with van der Waals surface area (Å²) in [5.74, 6) is -19.7. The van der Waals surface area contributed by atoms with E-state index in [1.54, 1.807) is 0 Å². The number of hydrogen-bond donors (Lipinski definition) is 5. The molecule has 2 rings (SSSR count). The van der Waals surface area contributed by atoms with Crippen LogP contribution in [0.3, 0.4) is 0 Å². The van der Waals surface area contributed by atoms with Crippen LogP contribution in [0.2, 0.25) is 0 Å². The quantitative estimate of drug-likeness (QED) is 0.160. The summed E-state index contributed by atoms with van der Waals surface area (Å²) in [6.07, 6.45) is -0.530. The first-order chi connectivity index (χ1) is 18.7. The Hall–Kier alpha value is -4.28. The van der Waals surface area contributed by atoms with Gasteiger partial charge in [-0.3, -0.25) is 38.4 Å². The van der Waals surface area contributed by atoms with E-state index >= 15 is 0 Å². The van der Waals surface area contributed by atoms with E-state index in [0.29, 0.717) is 0 Å². The van der Waals surface area contributed by atoms with Gasteiger partial charge < -0.3 is 44.5 Å². The summed E-state index contributed by atoms with van der Waals surface area (Å²) < 4.78 is 18.5. The maximum atomic E-state index is 11.9. The summed E-state index contributed by atoms with van der Waals surface area (Å²) in [6, 6.07) is 0. The number of rotatable bonds is 8. The van der Waals surface area contributed by atoms with Crippen molar-refractivity contribution in [2.24, 2.45) is 47.3 Å². The normalized spacial score (nSPS) is 28.2. The summed E-state index contributed by atoms with van der Waals surface area (Å²) in [6.45, 7) is 0. The Morgan fingerprint density at radius 3 is 0.900 bits per heavy atom. The molecule has 0 saturated heterocycles. The van der Waals surface area contributed by atoms with Gasteiger partial charge >= 0.3 is 49.2 Å². The molecule has 17 nitrogen and oxygen atoms in total. The summed E-state index contributed by atoms with van der Waals surface area (Å²) in [4.78, 5) is 90.9. The molecule has 8 atom stereocenters. The van der Waals surface area contributed by atoms with Gasteiger partial charge in [0.15, 0.2) is 0 Å². The zero-order valence-electron chi connectivity index (χ0n) is 23.2. The first-order valence-corrected chi connectivity index (χ1v) is 11.4. The molecule has 40 heavy (non-hydrogen) atoms. The minimum atomic E-state index is -1.72. The van der Waals surface area contributed by atoms with Crippen molar-refractivity contribution < 1.29 is 84.3 Å². The van der Waals surface area contributed by atoms with Crippen LogP contribution in [-0.2, 0) is 57.3 Å². The maximum Gasteiger partial charge on any atom is 1.00 e. The first kappa shape index (κ1) is 35.7. The molecule has 2 saturated carbocycles. The van der Waals surface area contributed by atoms with E-state index in [-0.39, 0.29) is 7.85 Å². The zero-order chi connectivity index (χ0) is 31.5. The molecule has 8 unspecified atom stereocenters. The zero-order valence-corrected chi connectivity index (χ0v) is 22.2. The molecule has 17 heteroatoms. The number of carbonyl (C=O) groups excluding carboxylic acids is 4. The predicted molar refractivity (Wildman–Crippen MR) is 125 cm³/mol. The van der Waals surface area contributed by atoms with Crippen LogP contribution in [0.25, 0.3) is 0 Å². The Bertz CT molecular complexity index is 919. The van der Waals surface area contributed by atoms with Crippen LogP contribution >= 0.6 is 0 Å². The van der Waals surface area contributed by atoms with E-state index in [4.69, 9.17) is 25.5 Å². The van der Waals surface area contributed by atoms with Crippen LogP contribution in [-0.4, -0.2) is 109 Å². The van der Waals surface area contributed by atoms with Crippen molar-refractivity contribution in [2.45, 2.75) is 12.8 Å². The van der Waals surface area contributed by atoms with E-state index in [2.05, 4.69) is 18.9 Å². The number of carboxylic acid groups (broad SMARTS) is 4. The third-order valence-electron chi connectivity index (χ3n) is 6.68. The Morgan fingerprint density at radius 1 is 0.450 bits per heavy atom. The van der Waals surface area contributed by atoms with Crippen molar-refractivity contribution in [2.75, 3.05) is 35.5 Å². The maximum absolute atomic E-state index is 11.9. The molecule has 2 aliphatic rings. The first-order valence-electron chi connectivity index (χ1n) is 11.4. The smallest absolute Gasteiger partial charge is 0.481 e. The number of methoxy groups -OCH3 is 4. The van der Waals surface area contributed by atoms with Crippen LogP contribution in [0.5, 0.6) is 0 Å². The Balaban J connectivity index is 0. The van der Waals surface area contributed by atoms with Crippen molar-refractivity contribution in [3.05, 3.63) is 0 Å². The fraction of sp³-hybridized carbons (Fsp3) is 0.652. The fourth-order valence-corrected chi connectivity index (χ4v) is 4.98. The van der Waals surface area contributed by atoms with Gasteiger partial charge in [-0.15, -0.1) is 0 Å². The van der Waals surface area contributed by atoms with Crippen LogP contribution in [0, 0.1) is 47.3 Å². The van der Waals surface area contributed by atoms with E-state index in [1.807, 2.05) is 0 Å². The molecule has 0 amide bonds. The van der Waals surface area contributed by atoms with Gasteiger partial charge in [0.2, 0.25) is 0 Å². The second-order valence-electron chi connectivity index (χ2n) is 8.45. The molecule has 0 aliphatic heterocycles. The SMILES string of the molecule is CO.COC(=O)C1CC(C(=O)OC)C(C(=O)OC)C1C(=O)OC.O=C(O)C1CC(C(=O)O)C(C(=O)O)C1C(=O)O.[H+]. The highest BCUT2D eigenvalue weighted by Gasteiger charge is 2.58. The molecule has 5 N–H and O–H groups in total. The van der Waals surface area contributed by atoms with Gasteiger partial charge in [-0.25, -0.2) is 0 Å². The van der Waals surface area contributed by atoms with Gasteiger partial charge in [0.1, 0.15) is 0 Å². The average Bonchev–Trinajstić information content (AvgIpc) is 3.53. The van der Waals surface area contributed by atoms with Gasteiger partial charge in [0.05, 0.1) is 75.8 Å². The second-order valence-corrected chi connectivity index (χ2v) is 8.45. The lowest BCUT2D eigenvalue weighted by Crippen LogP contribution is -2.37. The molecular weight excluding hydrogens is 548 g/mol. The topological polar surface area (TPSA) is 275 Å². The highest BCUT2D eigenvalue weighted by molar-refractivity contribution is 5.93. The molecule has 0 bridgehead atoms. The molecule has 2 aliphatic carbocycles. The largest absolute Gasteiger partial charge is 1.00 e. The monoisotopic (exact) mass is 581 g/mol. The van der Waals surface area contributed by atoms with Crippen molar-refractivity contribution in [3.63, 3.8) is 0 Å². The molecular formula is C23H33O17+. The Kier molecular flexibility index (Phi) is 14.3. The number of carbonyl (C=O) groups is 8. The van der Waals surface area contributed by atoms with Crippen molar-refractivity contribution in [1.29, 1.82) is 0 Å². The second kappa shape index (κ2) is 16.0. The van der Waals surface area contributed by atoms with Crippen molar-refractivity contribution in [3.8, 4) is 0 Å². The molecule has 0 spiro atoms. The minimum absolute atomic E-state index is 0. The number of hydrogen-bond acceptors (Lipinski definition) is 13. The number of aliphatic hydroxyl groups is 1. The number of ether oxygens (including phenoxy) is 4. The van der Waals surface area contributed by atoms with Crippen LogP contribution in [0.1, 0.15) is 14.3 Å². The molecule has 0 heterocycles. The van der Waals surface area contributed by atoms with Gasteiger partial charge in [-0.05, 0) is 12.8 Å². The van der Waals surface area contributed by atoms with E-state index in [9.17, 15) is 38.4 Å². The van der Waals surface area contributed by atoms with Crippen LogP contribution in [0.4, 0.5) is 0 Å². The number of carboxylic acids is 4. The lowest BCUT2D eigenvalue weighted by molar-refractivity contribution is -0.164. The van der Waals surface area contributed by atoms with Gasteiger partial charge in [-0.1, -0.05) is 0 Å². The standard InChI is InChI=1S/C13H18O8.C9H10O8.CH4O/c1-18-10(14)6-5-7(11(15)19-2)9(13(17)21-4)8(6)12(16)20-3;10-6(11)2-1-3(7(12)13)5(9(16)17)4(2)8(14)15;1-2/h6-9H,5H2,1-4H3;2-5H,1H2,(H,10,11)(H,12,13)(H,14,15)(H,16,17);2H,1H3/p+1. The lowest BCUT2D eigenvalue weighted by Gasteiger charge is -2.21. The molecule has 226 valence electrons. The van der Waals surface area contributed by atoms with E-state index in [1.165, 1.54) is 0 Å². The van der Waals surface area contributed by atoms with Crippen molar-refractivity contribution in [1.82, 2.24) is 0 Å². The third-order valence-corrected chi connectivity index (χ3v) is 6.68. The van der Waals surface area contributed by atoms with Crippen molar-refractivity contribution >= 4 is 47.8 Å². The third kappa shape index (κ3) is 7.87. The molecule has 0 aromatic carbocycles. The summed E-state index contributed by atoms with van der Waals surface area (Å²) in [5, 5.41) is 42.2. The van der Waals surface area contributed by atoms with E-state index in [0.717, 1.165) is 35.5 Å². The number of aliphatic hydroxyl groups excluding tert-OH is 1. The number of esters is 4. The minimum Gasteiger partial charge on any atom is -0.481 e. The summed E-state index contributed by atoms with van der Waals surface area (Å²) >= 11 is 0. The van der Waals surface area contributed by atoms with Gasteiger partial charge in [-0.2, -0.15) is 0 Å². The van der Waals surface area contributed by atoms with E-state index < -0.39 is 102 Å². The molecule has 0 aromatic rings. The highest BCUT2D eigenvalue weighted by atomic mass is 16.5. The van der Waals surface area contributed by atoms with Crippen LogP contribution in [0.15, 0.2) is 0 Å². The molecule has 2 fully saturated rings. The predicted octanol–water partition coefficient (Wildman–Crippen LogP) is -1.54. The molecule has 0 radical (unpaired) electrons. The van der Waals surface area contributed by atoms with Gasteiger partial charge in [0.25, 0.3) is 0 Å². The number of aliphatic carboxylic acids is 4. The lowest BCUT2D eigenvalue weighted by atomic mass is 9.86. The van der Waals surface area contributed by atoms with Crippen LogP contribution < -0.4 is 0 Å². The summed E-state index contributed by atoms with van der Waals surface area (Å²) in [7, 11) is 5.59. The Morgan fingerprint density at radius 2 is 0.700 bits per heavy atom. The fourth-order valence-electron chi connectivity index (χ4n) is 4.98. The van der Waals surface area contributed by atoms with Gasteiger partial charge in [0, 0.05) is 7.11 Å². The Labute approximate surface area is 228 Å². The highest BCUT2D eigenvalue weighted by Crippen LogP contribution is 2.44.